The van der Waals surface area contributed by atoms with Gasteiger partial charge in [-0.25, -0.2) is 0 Å². The minimum Gasteiger partial charge on any atom is -0.508 e. The number of hydrogen-bond donors (Lipinski definition) is 1. The third-order valence-electron chi connectivity index (χ3n) is 5.88. The van der Waals surface area contributed by atoms with Crippen LogP contribution in [0, 0.1) is 0 Å². The van der Waals surface area contributed by atoms with Crippen molar-refractivity contribution in [2.24, 2.45) is 0 Å². The second-order valence-corrected chi connectivity index (χ2v) is 7.92. The SMILES string of the molecule is CC(CC1(c2ccc(O)cc2)CC1)c1ccc(OC2CCCCO2)cc1. The Morgan fingerprint density at radius 3 is 2.42 bits per heavy atom. The maximum atomic E-state index is 9.53. The van der Waals surface area contributed by atoms with Crippen molar-refractivity contribution in [3.05, 3.63) is 59.7 Å². The van der Waals surface area contributed by atoms with E-state index in [1.165, 1.54) is 30.4 Å². The van der Waals surface area contributed by atoms with Gasteiger partial charge in [0, 0.05) is 6.42 Å². The van der Waals surface area contributed by atoms with Gasteiger partial charge in [0.2, 0.25) is 0 Å². The molecule has 26 heavy (non-hydrogen) atoms. The molecule has 3 heteroatoms. The third-order valence-corrected chi connectivity index (χ3v) is 5.88. The van der Waals surface area contributed by atoms with Crippen molar-refractivity contribution in [1.82, 2.24) is 0 Å². The largest absolute Gasteiger partial charge is 0.508 e. The van der Waals surface area contributed by atoms with Gasteiger partial charge in [-0.15, -0.1) is 0 Å². The maximum Gasteiger partial charge on any atom is 0.199 e. The predicted molar refractivity (Wildman–Crippen MR) is 103 cm³/mol. The molecular formula is C23H28O3. The van der Waals surface area contributed by atoms with E-state index in [0.29, 0.717) is 11.7 Å². The summed E-state index contributed by atoms with van der Waals surface area (Å²) in [5.74, 6) is 1.73. The van der Waals surface area contributed by atoms with Gasteiger partial charge in [0.25, 0.3) is 0 Å². The molecule has 3 nitrogen and oxygen atoms in total. The molecule has 2 aromatic rings. The molecule has 138 valence electrons. The van der Waals surface area contributed by atoms with Crippen molar-refractivity contribution >= 4 is 0 Å². The van der Waals surface area contributed by atoms with E-state index in [2.05, 4.69) is 43.3 Å². The molecule has 0 radical (unpaired) electrons. The Morgan fingerprint density at radius 2 is 1.81 bits per heavy atom. The summed E-state index contributed by atoms with van der Waals surface area (Å²) >= 11 is 0. The van der Waals surface area contributed by atoms with Crippen LogP contribution in [-0.2, 0) is 10.2 Å². The molecule has 0 aromatic heterocycles. The fourth-order valence-electron chi connectivity index (χ4n) is 4.11. The first kappa shape index (κ1) is 17.4. The van der Waals surface area contributed by atoms with Crippen molar-refractivity contribution in [2.45, 2.75) is 63.1 Å². The molecule has 2 aliphatic rings. The normalized spacial score (nSPS) is 22.6. The van der Waals surface area contributed by atoms with Gasteiger partial charge in [-0.05, 0) is 78.8 Å². The number of phenols is 1. The Balaban J connectivity index is 1.38. The number of phenolic OH excluding ortho intramolecular Hbond substituents is 1. The molecule has 2 unspecified atom stereocenters. The average molecular weight is 352 g/mol. The molecular weight excluding hydrogens is 324 g/mol. The summed E-state index contributed by atoms with van der Waals surface area (Å²) in [6.45, 7) is 3.11. The fourth-order valence-corrected chi connectivity index (χ4v) is 4.11. The molecule has 1 heterocycles. The summed E-state index contributed by atoms with van der Waals surface area (Å²) < 4.78 is 11.6. The Morgan fingerprint density at radius 1 is 1.08 bits per heavy atom. The average Bonchev–Trinajstić information content (AvgIpc) is 3.44. The number of hydrogen-bond acceptors (Lipinski definition) is 3. The van der Waals surface area contributed by atoms with Crippen LogP contribution in [0.4, 0.5) is 0 Å². The van der Waals surface area contributed by atoms with E-state index < -0.39 is 0 Å². The number of rotatable bonds is 6. The van der Waals surface area contributed by atoms with Crippen LogP contribution in [0.2, 0.25) is 0 Å². The lowest BCUT2D eigenvalue weighted by atomic mass is 9.83. The monoisotopic (exact) mass is 352 g/mol. The smallest absolute Gasteiger partial charge is 0.199 e. The lowest BCUT2D eigenvalue weighted by molar-refractivity contribution is -0.105. The summed E-state index contributed by atoms with van der Waals surface area (Å²) in [6.07, 6.45) is 6.83. The molecule has 1 N–H and O–H groups in total. The highest BCUT2D eigenvalue weighted by Gasteiger charge is 2.44. The molecule has 1 saturated carbocycles. The second-order valence-electron chi connectivity index (χ2n) is 7.92. The second kappa shape index (κ2) is 7.32. The lowest BCUT2D eigenvalue weighted by Crippen LogP contribution is -2.24. The third kappa shape index (κ3) is 3.88. The van der Waals surface area contributed by atoms with E-state index in [-0.39, 0.29) is 11.7 Å². The van der Waals surface area contributed by atoms with Gasteiger partial charge in [0.15, 0.2) is 6.29 Å². The van der Waals surface area contributed by atoms with Crippen molar-refractivity contribution in [3.63, 3.8) is 0 Å². The summed E-state index contributed by atoms with van der Waals surface area (Å²) in [4.78, 5) is 0. The van der Waals surface area contributed by atoms with Gasteiger partial charge in [-0.3, -0.25) is 0 Å². The molecule has 0 amide bonds. The van der Waals surface area contributed by atoms with Crippen LogP contribution in [0.1, 0.15) is 62.5 Å². The lowest BCUT2D eigenvalue weighted by Gasteiger charge is -2.24. The van der Waals surface area contributed by atoms with Gasteiger partial charge in [-0.1, -0.05) is 31.2 Å². The van der Waals surface area contributed by atoms with E-state index >= 15 is 0 Å². The molecule has 4 rings (SSSR count). The summed E-state index contributed by atoms with van der Waals surface area (Å²) in [5.41, 5.74) is 3.00. The van der Waals surface area contributed by atoms with E-state index in [1.807, 2.05) is 0 Å². The molecule has 0 spiro atoms. The zero-order chi connectivity index (χ0) is 18.0. The summed E-state index contributed by atoms with van der Waals surface area (Å²) in [5, 5.41) is 9.53. The van der Waals surface area contributed by atoms with Crippen molar-refractivity contribution < 1.29 is 14.6 Å². The van der Waals surface area contributed by atoms with E-state index in [1.54, 1.807) is 12.1 Å². The van der Waals surface area contributed by atoms with Crippen molar-refractivity contribution in [3.8, 4) is 11.5 Å². The first-order chi connectivity index (χ1) is 12.6. The van der Waals surface area contributed by atoms with Crippen LogP contribution in [0.5, 0.6) is 11.5 Å². The minimum absolute atomic E-state index is 0.0868. The van der Waals surface area contributed by atoms with Gasteiger partial charge in [-0.2, -0.15) is 0 Å². The predicted octanol–water partition coefficient (Wildman–Crippen LogP) is 5.52. The topological polar surface area (TPSA) is 38.7 Å². The highest BCUT2D eigenvalue weighted by Crippen LogP contribution is 2.54. The van der Waals surface area contributed by atoms with Crippen LogP contribution in [0.25, 0.3) is 0 Å². The molecule has 2 aromatic carbocycles. The minimum atomic E-state index is -0.0868. The van der Waals surface area contributed by atoms with Gasteiger partial charge in [0.1, 0.15) is 11.5 Å². The first-order valence-corrected chi connectivity index (χ1v) is 9.82. The molecule has 0 bridgehead atoms. The standard InChI is InChI=1S/C23H28O3/c1-17(16-23(13-14-23)19-7-9-20(24)10-8-19)18-5-11-21(12-6-18)26-22-4-2-3-15-25-22/h5-12,17,22,24H,2-4,13-16H2,1H3. The van der Waals surface area contributed by atoms with Crippen LogP contribution in [-0.4, -0.2) is 18.0 Å². The molecule has 1 saturated heterocycles. The van der Waals surface area contributed by atoms with E-state index in [4.69, 9.17) is 9.47 Å². The van der Waals surface area contributed by atoms with Gasteiger partial charge >= 0.3 is 0 Å². The molecule has 2 atom stereocenters. The van der Waals surface area contributed by atoms with Crippen LogP contribution < -0.4 is 4.74 Å². The van der Waals surface area contributed by atoms with Crippen molar-refractivity contribution in [2.75, 3.05) is 6.61 Å². The maximum absolute atomic E-state index is 9.53. The Kier molecular flexibility index (Phi) is 4.90. The van der Waals surface area contributed by atoms with Crippen molar-refractivity contribution in [1.29, 1.82) is 0 Å². The van der Waals surface area contributed by atoms with E-state index in [9.17, 15) is 5.11 Å². The number of ether oxygens (including phenoxy) is 2. The Labute approximate surface area is 156 Å². The highest BCUT2D eigenvalue weighted by atomic mass is 16.7. The van der Waals surface area contributed by atoms with Crippen LogP contribution in [0.3, 0.4) is 0 Å². The summed E-state index contributed by atoms with van der Waals surface area (Å²) in [6, 6.07) is 16.3. The van der Waals surface area contributed by atoms with Gasteiger partial charge in [0.05, 0.1) is 6.61 Å². The zero-order valence-electron chi connectivity index (χ0n) is 15.5. The number of benzene rings is 2. The zero-order valence-corrected chi connectivity index (χ0v) is 15.5. The van der Waals surface area contributed by atoms with Crippen LogP contribution in [0.15, 0.2) is 48.5 Å². The molecule has 1 aliphatic carbocycles. The van der Waals surface area contributed by atoms with Crippen LogP contribution >= 0.6 is 0 Å². The molecule has 2 fully saturated rings. The highest BCUT2D eigenvalue weighted by molar-refractivity contribution is 5.37. The quantitative estimate of drug-likeness (QED) is 0.743. The number of aromatic hydroxyl groups is 1. The fraction of sp³-hybridized carbons (Fsp3) is 0.478. The van der Waals surface area contributed by atoms with E-state index in [0.717, 1.165) is 31.6 Å². The Bertz CT molecular complexity index is 710. The summed E-state index contributed by atoms with van der Waals surface area (Å²) in [7, 11) is 0. The molecule has 1 aliphatic heterocycles. The first-order valence-electron chi connectivity index (χ1n) is 9.82. The Hall–Kier alpha value is -2.00. The van der Waals surface area contributed by atoms with Gasteiger partial charge < -0.3 is 14.6 Å².